The molecule has 0 aliphatic carbocycles. The Bertz CT molecular complexity index is 719. The number of carbonyl (C=O) groups excluding carboxylic acids is 1. The topological polar surface area (TPSA) is 45.5 Å². The minimum atomic E-state index is 0.0385. The number of nitrogens with one attached hydrogen (secondary N) is 1. The molecule has 1 aromatic heterocycles. The molecule has 4 rings (SSSR count). The summed E-state index contributed by atoms with van der Waals surface area (Å²) in [6.07, 6.45) is 3.02. The molecule has 3 unspecified atom stereocenters. The van der Waals surface area contributed by atoms with Crippen molar-refractivity contribution in [1.82, 2.24) is 10.2 Å². The number of nitrogens with zero attached hydrogens (tertiary/aromatic N) is 1. The summed E-state index contributed by atoms with van der Waals surface area (Å²) in [5.41, 5.74) is 2.75. The zero-order chi connectivity index (χ0) is 15.3. The number of benzene rings is 1. The van der Waals surface area contributed by atoms with E-state index in [9.17, 15) is 4.79 Å². The summed E-state index contributed by atoms with van der Waals surface area (Å²) in [5, 5.41) is 4.28. The Labute approximate surface area is 130 Å². The highest BCUT2D eigenvalue weighted by molar-refractivity contribution is 5.98. The van der Waals surface area contributed by atoms with Gasteiger partial charge < -0.3 is 14.6 Å². The van der Waals surface area contributed by atoms with Crippen LogP contribution in [0.25, 0.3) is 11.0 Å². The van der Waals surface area contributed by atoms with Gasteiger partial charge in [-0.2, -0.15) is 0 Å². The van der Waals surface area contributed by atoms with Gasteiger partial charge in [-0.25, -0.2) is 0 Å². The highest BCUT2D eigenvalue weighted by atomic mass is 16.3. The fraction of sp³-hybridized carbons (Fsp3) is 0.500. The average molecular weight is 298 g/mol. The molecule has 22 heavy (non-hydrogen) atoms. The maximum absolute atomic E-state index is 12.6. The molecular formula is C18H22N2O2. The van der Waals surface area contributed by atoms with Crippen LogP contribution in [0.5, 0.6) is 0 Å². The SMILES string of the molecule is CC(C)c1coc2ccc(C(=O)NC3CN4CCC3C4)cc12. The fourth-order valence-electron chi connectivity index (χ4n) is 3.84. The van der Waals surface area contributed by atoms with E-state index in [1.165, 1.54) is 13.0 Å². The molecule has 1 N–H and O–H groups in total. The predicted octanol–water partition coefficient (Wildman–Crippen LogP) is 2.99. The first-order valence-corrected chi connectivity index (χ1v) is 8.16. The number of hydrogen-bond donors (Lipinski definition) is 1. The van der Waals surface area contributed by atoms with Gasteiger partial charge in [0.1, 0.15) is 5.58 Å². The first-order chi connectivity index (χ1) is 10.6. The number of fused-ring (bicyclic) bond motifs is 3. The Kier molecular flexibility index (Phi) is 3.22. The van der Waals surface area contributed by atoms with Gasteiger partial charge in [0.15, 0.2) is 0 Å². The summed E-state index contributed by atoms with van der Waals surface area (Å²) in [4.78, 5) is 15.0. The average Bonchev–Trinajstić information content (AvgIpc) is 3.20. The predicted molar refractivity (Wildman–Crippen MR) is 86.1 cm³/mol. The Balaban J connectivity index is 1.57. The van der Waals surface area contributed by atoms with Crippen molar-refractivity contribution in [2.45, 2.75) is 32.2 Å². The molecule has 4 nitrogen and oxygen atoms in total. The van der Waals surface area contributed by atoms with Crippen LogP contribution in [-0.2, 0) is 0 Å². The second-order valence-electron chi connectivity index (χ2n) is 6.94. The van der Waals surface area contributed by atoms with E-state index in [0.29, 0.717) is 17.9 Å². The van der Waals surface area contributed by atoms with Crippen LogP contribution < -0.4 is 5.32 Å². The first-order valence-electron chi connectivity index (χ1n) is 8.16. The van der Waals surface area contributed by atoms with Crippen molar-refractivity contribution in [3.05, 3.63) is 35.6 Å². The van der Waals surface area contributed by atoms with Crippen molar-refractivity contribution in [3.63, 3.8) is 0 Å². The van der Waals surface area contributed by atoms with Crippen molar-refractivity contribution < 1.29 is 9.21 Å². The maximum Gasteiger partial charge on any atom is 0.251 e. The van der Waals surface area contributed by atoms with E-state index in [1.807, 2.05) is 18.2 Å². The van der Waals surface area contributed by atoms with Crippen molar-refractivity contribution in [2.24, 2.45) is 5.92 Å². The number of hydrogen-bond acceptors (Lipinski definition) is 3. The summed E-state index contributed by atoms with van der Waals surface area (Å²) in [7, 11) is 0. The Morgan fingerprint density at radius 2 is 2.23 bits per heavy atom. The van der Waals surface area contributed by atoms with Gasteiger partial charge in [-0.05, 0) is 43.0 Å². The molecule has 2 aliphatic rings. The van der Waals surface area contributed by atoms with Gasteiger partial charge in [-0.3, -0.25) is 4.79 Å². The first kappa shape index (κ1) is 13.8. The van der Waals surface area contributed by atoms with Gasteiger partial charge in [0, 0.05) is 35.6 Å². The molecule has 2 bridgehead atoms. The standard InChI is InChI=1S/C18H22N2O2/c1-11(2)15-10-22-17-4-3-12(7-14(15)17)18(21)19-16-9-20-6-5-13(16)8-20/h3-4,7,10-11,13,16H,5-6,8-9H2,1-2H3,(H,19,21). The quantitative estimate of drug-likeness (QED) is 0.947. The van der Waals surface area contributed by atoms with E-state index < -0.39 is 0 Å². The molecule has 2 fully saturated rings. The van der Waals surface area contributed by atoms with Crippen molar-refractivity contribution in [2.75, 3.05) is 19.6 Å². The van der Waals surface area contributed by atoms with Gasteiger partial charge in [0.25, 0.3) is 5.91 Å². The van der Waals surface area contributed by atoms with Crippen LogP contribution in [0.1, 0.15) is 42.1 Å². The molecular weight excluding hydrogens is 276 g/mol. The molecule has 0 spiro atoms. The van der Waals surface area contributed by atoms with Crippen LogP contribution in [0.3, 0.4) is 0 Å². The zero-order valence-corrected chi connectivity index (χ0v) is 13.1. The summed E-state index contributed by atoms with van der Waals surface area (Å²) in [6.45, 7) is 7.61. The molecule has 2 aromatic rings. The molecule has 1 amide bonds. The largest absolute Gasteiger partial charge is 0.464 e. The summed E-state index contributed by atoms with van der Waals surface area (Å²) in [5.74, 6) is 1.06. The van der Waals surface area contributed by atoms with Crippen LogP contribution in [0.15, 0.2) is 28.9 Å². The third-order valence-corrected chi connectivity index (χ3v) is 5.14. The molecule has 2 aliphatic heterocycles. The number of amides is 1. The minimum Gasteiger partial charge on any atom is -0.464 e. The smallest absolute Gasteiger partial charge is 0.251 e. The van der Waals surface area contributed by atoms with E-state index in [1.54, 1.807) is 6.26 Å². The summed E-state index contributed by atoms with van der Waals surface area (Å²) < 4.78 is 5.58. The third kappa shape index (κ3) is 2.22. The number of carbonyl (C=O) groups is 1. The zero-order valence-electron chi connectivity index (χ0n) is 13.1. The van der Waals surface area contributed by atoms with Gasteiger partial charge in [-0.15, -0.1) is 0 Å². The Hall–Kier alpha value is -1.81. The van der Waals surface area contributed by atoms with Crippen LogP contribution in [0.2, 0.25) is 0 Å². The molecule has 116 valence electrons. The highest BCUT2D eigenvalue weighted by Gasteiger charge is 2.38. The van der Waals surface area contributed by atoms with Crippen LogP contribution in [-0.4, -0.2) is 36.5 Å². The lowest BCUT2D eigenvalue weighted by atomic mass is 9.98. The summed E-state index contributed by atoms with van der Waals surface area (Å²) in [6, 6.07) is 6.04. The molecule has 4 heteroatoms. The van der Waals surface area contributed by atoms with Crippen LogP contribution in [0.4, 0.5) is 0 Å². The van der Waals surface area contributed by atoms with Crippen LogP contribution >= 0.6 is 0 Å². The lowest BCUT2D eigenvalue weighted by Gasteiger charge is -2.23. The lowest BCUT2D eigenvalue weighted by Crippen LogP contribution is -2.43. The molecule has 1 aromatic carbocycles. The van der Waals surface area contributed by atoms with E-state index in [0.717, 1.165) is 35.2 Å². The number of piperidine rings is 1. The second kappa shape index (κ2) is 5.13. The van der Waals surface area contributed by atoms with Gasteiger partial charge >= 0.3 is 0 Å². The Morgan fingerprint density at radius 3 is 2.91 bits per heavy atom. The van der Waals surface area contributed by atoms with Crippen LogP contribution in [0, 0.1) is 5.92 Å². The van der Waals surface area contributed by atoms with Crippen molar-refractivity contribution >= 4 is 16.9 Å². The molecule has 0 radical (unpaired) electrons. The molecule has 3 atom stereocenters. The molecule has 2 saturated heterocycles. The third-order valence-electron chi connectivity index (χ3n) is 5.14. The van der Waals surface area contributed by atoms with E-state index in [2.05, 4.69) is 24.1 Å². The van der Waals surface area contributed by atoms with E-state index in [-0.39, 0.29) is 5.91 Å². The highest BCUT2D eigenvalue weighted by Crippen LogP contribution is 2.30. The number of furan rings is 1. The lowest BCUT2D eigenvalue weighted by molar-refractivity contribution is 0.0924. The second-order valence-corrected chi connectivity index (χ2v) is 6.94. The monoisotopic (exact) mass is 298 g/mol. The van der Waals surface area contributed by atoms with Gasteiger partial charge in [-0.1, -0.05) is 13.8 Å². The van der Waals surface area contributed by atoms with E-state index >= 15 is 0 Å². The van der Waals surface area contributed by atoms with Crippen molar-refractivity contribution in [1.29, 1.82) is 0 Å². The van der Waals surface area contributed by atoms with E-state index in [4.69, 9.17) is 4.42 Å². The fourth-order valence-corrected chi connectivity index (χ4v) is 3.84. The normalized spacial score (nSPS) is 27.0. The Morgan fingerprint density at radius 1 is 1.36 bits per heavy atom. The van der Waals surface area contributed by atoms with Crippen molar-refractivity contribution in [3.8, 4) is 0 Å². The molecule has 0 saturated carbocycles. The number of rotatable bonds is 3. The minimum absolute atomic E-state index is 0.0385. The molecule has 3 heterocycles. The maximum atomic E-state index is 12.6. The van der Waals surface area contributed by atoms with Gasteiger partial charge in [0.05, 0.1) is 6.26 Å². The summed E-state index contributed by atoms with van der Waals surface area (Å²) >= 11 is 0. The van der Waals surface area contributed by atoms with Gasteiger partial charge in [0.2, 0.25) is 0 Å².